The number of aliphatic imine (C=N–C) groups is 1. The number of halogens is 3. The van der Waals surface area contributed by atoms with Gasteiger partial charge in [-0.15, -0.1) is 0 Å². The normalized spacial score (nSPS) is 13.4. The Balaban J connectivity index is 1.57. The van der Waals surface area contributed by atoms with Crippen LogP contribution in [-0.4, -0.2) is 30.1 Å². The van der Waals surface area contributed by atoms with E-state index < -0.39 is 41.2 Å². The van der Waals surface area contributed by atoms with Gasteiger partial charge in [-0.1, -0.05) is 36.4 Å². The van der Waals surface area contributed by atoms with E-state index in [2.05, 4.69) is 15.6 Å². The molecule has 2 amide bonds. The molecule has 4 rings (SSSR count). The monoisotopic (exact) mass is 509 g/mol. The van der Waals surface area contributed by atoms with E-state index in [9.17, 15) is 22.8 Å². The number of hydrogen-bond donors (Lipinski definition) is 2. The van der Waals surface area contributed by atoms with E-state index in [1.165, 1.54) is 12.1 Å². The predicted molar refractivity (Wildman–Crippen MR) is 134 cm³/mol. The van der Waals surface area contributed by atoms with Crippen LogP contribution in [0.2, 0.25) is 0 Å². The van der Waals surface area contributed by atoms with Crippen LogP contribution in [0.1, 0.15) is 53.9 Å². The van der Waals surface area contributed by atoms with Gasteiger partial charge in [-0.25, -0.2) is 13.6 Å². The molecule has 0 spiro atoms. The van der Waals surface area contributed by atoms with E-state index in [0.717, 1.165) is 11.6 Å². The summed E-state index contributed by atoms with van der Waals surface area (Å²) in [5.74, 6) is -3.31. The number of ether oxygens (including phenoxy) is 1. The third-order valence-electron chi connectivity index (χ3n) is 5.69. The lowest BCUT2D eigenvalue weighted by molar-refractivity contribution is 0.0519. The molecule has 6 nitrogen and oxygen atoms in total. The maximum Gasteiger partial charge on any atom is 0.407 e. The van der Waals surface area contributed by atoms with Crippen LogP contribution in [0.5, 0.6) is 0 Å². The minimum Gasteiger partial charge on any atom is -0.444 e. The first-order valence-electron chi connectivity index (χ1n) is 11.7. The Labute approximate surface area is 212 Å². The molecule has 0 aromatic heterocycles. The van der Waals surface area contributed by atoms with Crippen LogP contribution in [0.15, 0.2) is 65.7 Å². The third-order valence-corrected chi connectivity index (χ3v) is 5.69. The summed E-state index contributed by atoms with van der Waals surface area (Å²) in [4.78, 5) is 29.1. The summed E-state index contributed by atoms with van der Waals surface area (Å²) in [6.07, 6.45) is -0.766. The second kappa shape index (κ2) is 10.5. The van der Waals surface area contributed by atoms with Crippen LogP contribution in [0.4, 0.5) is 18.0 Å². The molecule has 192 valence electrons. The summed E-state index contributed by atoms with van der Waals surface area (Å²) < 4.78 is 47.8. The molecule has 3 aromatic rings. The minimum absolute atomic E-state index is 0.131. The molecule has 0 radical (unpaired) electrons. The van der Waals surface area contributed by atoms with Gasteiger partial charge in [0.05, 0.1) is 12.6 Å². The summed E-state index contributed by atoms with van der Waals surface area (Å²) >= 11 is 0. The second-order valence-corrected chi connectivity index (χ2v) is 9.61. The van der Waals surface area contributed by atoms with Gasteiger partial charge in [-0.2, -0.15) is 4.39 Å². The van der Waals surface area contributed by atoms with Gasteiger partial charge >= 0.3 is 6.09 Å². The number of alkyl carbamates (subject to hydrolysis) is 1. The molecule has 0 fully saturated rings. The lowest BCUT2D eigenvalue weighted by Gasteiger charge is -2.23. The summed E-state index contributed by atoms with van der Waals surface area (Å²) in [6, 6.07) is 14.4. The zero-order valence-electron chi connectivity index (χ0n) is 20.6. The van der Waals surface area contributed by atoms with Crippen molar-refractivity contribution in [2.24, 2.45) is 4.99 Å². The molecule has 37 heavy (non-hydrogen) atoms. The Bertz CT molecular complexity index is 1380. The maximum atomic E-state index is 14.6. The SMILES string of the molecule is CC(C)(C)OC(=O)NCC(NC(=O)c1cccc(-c2ccc3c(c2)C(F)=NC3)c1)c1cccc(F)c1F. The number of nitrogens with one attached hydrogen (secondary N) is 2. The van der Waals surface area contributed by atoms with Gasteiger partial charge in [0, 0.05) is 23.2 Å². The highest BCUT2D eigenvalue weighted by Crippen LogP contribution is 2.28. The van der Waals surface area contributed by atoms with Crippen molar-refractivity contribution < 1.29 is 27.5 Å². The van der Waals surface area contributed by atoms with E-state index in [4.69, 9.17) is 4.74 Å². The van der Waals surface area contributed by atoms with Crippen LogP contribution in [-0.2, 0) is 11.3 Å². The van der Waals surface area contributed by atoms with E-state index in [1.807, 2.05) is 6.07 Å². The number of benzene rings is 3. The molecule has 1 aliphatic rings. The lowest BCUT2D eigenvalue weighted by Crippen LogP contribution is -2.40. The van der Waals surface area contributed by atoms with E-state index in [1.54, 1.807) is 57.2 Å². The number of amides is 2. The molecule has 2 N–H and O–H groups in total. The fourth-order valence-corrected chi connectivity index (χ4v) is 3.94. The van der Waals surface area contributed by atoms with Gasteiger partial charge in [0.25, 0.3) is 5.91 Å². The van der Waals surface area contributed by atoms with Crippen LogP contribution in [0.3, 0.4) is 0 Å². The van der Waals surface area contributed by atoms with E-state index >= 15 is 0 Å². The fourth-order valence-electron chi connectivity index (χ4n) is 3.94. The van der Waals surface area contributed by atoms with Crippen molar-refractivity contribution in [2.75, 3.05) is 6.54 Å². The quantitative estimate of drug-likeness (QED) is 0.437. The second-order valence-electron chi connectivity index (χ2n) is 9.61. The fraction of sp³-hybridized carbons (Fsp3) is 0.250. The maximum absolute atomic E-state index is 14.6. The number of nitrogens with zero attached hydrogens (tertiary/aromatic N) is 1. The highest BCUT2D eigenvalue weighted by molar-refractivity contribution is 5.99. The van der Waals surface area contributed by atoms with Crippen molar-refractivity contribution >= 4 is 18.0 Å². The molecule has 9 heteroatoms. The average Bonchev–Trinajstić information content (AvgIpc) is 3.22. The zero-order valence-corrected chi connectivity index (χ0v) is 20.6. The van der Waals surface area contributed by atoms with E-state index in [0.29, 0.717) is 23.2 Å². The zero-order chi connectivity index (χ0) is 26.7. The molecular weight excluding hydrogens is 483 g/mol. The van der Waals surface area contributed by atoms with Gasteiger partial charge in [-0.05, 0) is 61.7 Å². The first kappa shape index (κ1) is 25.9. The molecular formula is C28H26F3N3O3. The third kappa shape index (κ3) is 6.17. The first-order chi connectivity index (χ1) is 17.5. The van der Waals surface area contributed by atoms with Crippen molar-refractivity contribution in [1.29, 1.82) is 0 Å². The summed E-state index contributed by atoms with van der Waals surface area (Å²) in [7, 11) is 0. The Morgan fingerprint density at radius 2 is 1.73 bits per heavy atom. The van der Waals surface area contributed by atoms with Crippen LogP contribution in [0.25, 0.3) is 11.1 Å². The highest BCUT2D eigenvalue weighted by Gasteiger charge is 2.24. The predicted octanol–water partition coefficient (Wildman–Crippen LogP) is 5.86. The molecule has 1 atom stereocenters. The molecule has 1 unspecified atom stereocenters. The minimum atomic E-state index is -1.13. The molecule has 0 bridgehead atoms. The highest BCUT2D eigenvalue weighted by atomic mass is 19.2. The lowest BCUT2D eigenvalue weighted by atomic mass is 9.98. The largest absolute Gasteiger partial charge is 0.444 e. The number of fused-ring (bicyclic) bond motifs is 1. The summed E-state index contributed by atoms with van der Waals surface area (Å²) in [6.45, 7) is 5.11. The van der Waals surface area contributed by atoms with Gasteiger partial charge in [0.15, 0.2) is 11.6 Å². The van der Waals surface area contributed by atoms with Crippen molar-refractivity contribution in [3.05, 3.63) is 94.6 Å². The Hall–Kier alpha value is -4.14. The number of carbonyl (C=O) groups excluding carboxylic acids is 2. The summed E-state index contributed by atoms with van der Waals surface area (Å²) in [5, 5.41) is 5.16. The van der Waals surface area contributed by atoms with Gasteiger partial charge < -0.3 is 15.4 Å². The van der Waals surface area contributed by atoms with Crippen LogP contribution in [0, 0.1) is 11.6 Å². The van der Waals surface area contributed by atoms with E-state index in [-0.39, 0.29) is 17.7 Å². The molecule has 0 saturated carbocycles. The van der Waals surface area contributed by atoms with Crippen LogP contribution < -0.4 is 10.6 Å². The Kier molecular flexibility index (Phi) is 7.33. The first-order valence-corrected chi connectivity index (χ1v) is 11.7. The Morgan fingerprint density at radius 3 is 2.49 bits per heavy atom. The number of rotatable bonds is 6. The molecule has 1 heterocycles. The number of hydrogen-bond acceptors (Lipinski definition) is 4. The molecule has 1 aliphatic heterocycles. The van der Waals surface area contributed by atoms with Crippen molar-refractivity contribution in [2.45, 2.75) is 39.0 Å². The average molecular weight is 510 g/mol. The Morgan fingerprint density at radius 1 is 1.00 bits per heavy atom. The van der Waals surface area contributed by atoms with Gasteiger partial charge in [0.1, 0.15) is 5.60 Å². The smallest absolute Gasteiger partial charge is 0.407 e. The topological polar surface area (TPSA) is 79.8 Å². The summed E-state index contributed by atoms with van der Waals surface area (Å²) in [5.41, 5.74) is 1.91. The van der Waals surface area contributed by atoms with Crippen molar-refractivity contribution in [3.63, 3.8) is 0 Å². The van der Waals surface area contributed by atoms with Crippen LogP contribution >= 0.6 is 0 Å². The van der Waals surface area contributed by atoms with Gasteiger partial charge in [0.2, 0.25) is 5.97 Å². The molecule has 3 aromatic carbocycles. The van der Waals surface area contributed by atoms with Crippen molar-refractivity contribution in [3.8, 4) is 11.1 Å². The standard InChI is InChI=1S/C28H26F3N3O3/c1-28(2,3)37-27(36)33-15-23(20-8-5-9-22(29)24(20)30)34-26(35)18-7-4-6-16(12-18)17-10-11-19-14-32-25(31)21(19)13-17/h4-13,23H,14-15H2,1-3H3,(H,33,36)(H,34,35). The van der Waals surface area contributed by atoms with Crippen molar-refractivity contribution in [1.82, 2.24) is 10.6 Å². The van der Waals surface area contributed by atoms with Gasteiger partial charge in [-0.3, -0.25) is 9.79 Å². The number of carbonyl (C=O) groups is 2. The molecule has 0 aliphatic carbocycles. The molecule has 0 saturated heterocycles.